The van der Waals surface area contributed by atoms with E-state index in [4.69, 9.17) is 15.6 Å². The van der Waals surface area contributed by atoms with Crippen LogP contribution in [0.1, 0.15) is 23.8 Å². The monoisotopic (exact) mass is 329 g/mol. The van der Waals surface area contributed by atoms with Crippen LogP contribution >= 0.6 is 0 Å². The van der Waals surface area contributed by atoms with Gasteiger partial charge in [0.15, 0.2) is 0 Å². The first-order valence-electron chi connectivity index (χ1n) is 7.64. The Morgan fingerprint density at radius 1 is 1.33 bits per heavy atom. The zero-order valence-corrected chi connectivity index (χ0v) is 12.9. The smallest absolute Gasteiger partial charge is 0.351 e. The number of nitrogens with zero attached hydrogens (tertiary/aromatic N) is 2. The molecule has 1 saturated heterocycles. The van der Waals surface area contributed by atoms with Gasteiger partial charge in [0.05, 0.1) is 12.7 Å². The molecule has 3 atom stereocenters. The molecule has 126 valence electrons. The van der Waals surface area contributed by atoms with Crippen LogP contribution < -0.4 is 11.4 Å². The molecule has 0 unspecified atom stereocenters. The fourth-order valence-electron chi connectivity index (χ4n) is 2.63. The standard InChI is InChI=1S/C17H19N3O4/c18-16-12(7-6-11-4-2-1-3-5-11)9-20(17(23)19-16)15-8-13(22)14(10-21)24-15/h1-7,9,13-15,21-22H,8,10H2,(H2,18,19,23)/t13-,14+,15+/m0/s1. The maximum absolute atomic E-state index is 12.1. The average Bonchev–Trinajstić information content (AvgIpc) is 2.95. The highest BCUT2D eigenvalue weighted by Crippen LogP contribution is 2.28. The Morgan fingerprint density at radius 2 is 2.08 bits per heavy atom. The lowest BCUT2D eigenvalue weighted by molar-refractivity contribution is -0.0458. The number of aliphatic hydroxyl groups excluding tert-OH is 2. The van der Waals surface area contributed by atoms with Crippen LogP contribution in [-0.4, -0.2) is 38.6 Å². The van der Waals surface area contributed by atoms with Crippen LogP contribution in [-0.2, 0) is 4.74 Å². The second-order valence-corrected chi connectivity index (χ2v) is 5.63. The van der Waals surface area contributed by atoms with Gasteiger partial charge in [0.1, 0.15) is 18.1 Å². The zero-order chi connectivity index (χ0) is 17.1. The molecule has 1 fully saturated rings. The SMILES string of the molecule is Nc1nc(=O)n([C@H]2C[C@H](O)[C@@H](CO)O2)cc1C=Cc1ccccc1. The Balaban J connectivity index is 1.89. The number of ether oxygens (including phenoxy) is 1. The van der Waals surface area contributed by atoms with Gasteiger partial charge < -0.3 is 20.7 Å². The molecule has 1 aromatic carbocycles. The molecule has 7 nitrogen and oxygen atoms in total. The third-order valence-corrected chi connectivity index (χ3v) is 3.96. The van der Waals surface area contributed by atoms with Crippen LogP contribution in [0.2, 0.25) is 0 Å². The normalized spacial score (nSPS) is 23.8. The van der Waals surface area contributed by atoms with E-state index in [1.54, 1.807) is 12.3 Å². The van der Waals surface area contributed by atoms with Gasteiger partial charge in [-0.2, -0.15) is 4.98 Å². The quantitative estimate of drug-likeness (QED) is 0.759. The molecule has 0 spiro atoms. The summed E-state index contributed by atoms with van der Waals surface area (Å²) >= 11 is 0. The van der Waals surface area contributed by atoms with E-state index < -0.39 is 24.1 Å². The van der Waals surface area contributed by atoms with Crippen LogP contribution in [0.15, 0.2) is 41.3 Å². The van der Waals surface area contributed by atoms with Gasteiger partial charge in [-0.15, -0.1) is 0 Å². The van der Waals surface area contributed by atoms with Gasteiger partial charge >= 0.3 is 5.69 Å². The van der Waals surface area contributed by atoms with Crippen molar-refractivity contribution in [1.82, 2.24) is 9.55 Å². The molecule has 4 N–H and O–H groups in total. The van der Waals surface area contributed by atoms with Crippen LogP contribution in [0.25, 0.3) is 12.2 Å². The number of hydrogen-bond acceptors (Lipinski definition) is 6. The highest BCUT2D eigenvalue weighted by Gasteiger charge is 2.35. The number of nitrogen functional groups attached to an aromatic ring is 1. The van der Waals surface area contributed by atoms with Crippen molar-refractivity contribution in [2.24, 2.45) is 0 Å². The molecule has 0 aliphatic carbocycles. The van der Waals surface area contributed by atoms with Crippen LogP contribution in [0.3, 0.4) is 0 Å². The maximum Gasteiger partial charge on any atom is 0.351 e. The predicted molar refractivity (Wildman–Crippen MR) is 89.9 cm³/mol. The first kappa shape index (κ1) is 16.4. The summed E-state index contributed by atoms with van der Waals surface area (Å²) in [5.74, 6) is 0.126. The van der Waals surface area contributed by atoms with Crippen molar-refractivity contribution in [3.8, 4) is 0 Å². The third kappa shape index (κ3) is 3.38. The van der Waals surface area contributed by atoms with E-state index in [1.807, 2.05) is 36.4 Å². The van der Waals surface area contributed by atoms with Crippen LogP contribution in [0, 0.1) is 0 Å². The van der Waals surface area contributed by atoms with Crippen molar-refractivity contribution in [3.05, 3.63) is 58.1 Å². The predicted octanol–water partition coefficient (Wildman–Crippen LogP) is 0.637. The number of aliphatic hydroxyl groups is 2. The molecule has 0 amide bonds. The lowest BCUT2D eigenvalue weighted by Crippen LogP contribution is -2.28. The topological polar surface area (TPSA) is 111 Å². The highest BCUT2D eigenvalue weighted by molar-refractivity contribution is 5.73. The van der Waals surface area contributed by atoms with Gasteiger partial charge in [-0.25, -0.2) is 4.79 Å². The van der Waals surface area contributed by atoms with Crippen LogP contribution in [0.4, 0.5) is 5.82 Å². The molecule has 1 aromatic heterocycles. The lowest BCUT2D eigenvalue weighted by atomic mass is 10.1. The van der Waals surface area contributed by atoms with E-state index >= 15 is 0 Å². The van der Waals surface area contributed by atoms with Gasteiger partial charge in [-0.1, -0.05) is 36.4 Å². The minimum atomic E-state index is -0.826. The largest absolute Gasteiger partial charge is 0.394 e. The number of hydrogen-bond donors (Lipinski definition) is 3. The Bertz CT molecular complexity index is 788. The van der Waals surface area contributed by atoms with Crippen molar-refractivity contribution in [2.75, 3.05) is 12.3 Å². The van der Waals surface area contributed by atoms with E-state index in [-0.39, 0.29) is 18.8 Å². The van der Waals surface area contributed by atoms with Crippen LogP contribution in [0.5, 0.6) is 0 Å². The Morgan fingerprint density at radius 3 is 2.75 bits per heavy atom. The molecular weight excluding hydrogens is 310 g/mol. The summed E-state index contributed by atoms with van der Waals surface area (Å²) in [7, 11) is 0. The molecule has 3 rings (SSSR count). The van der Waals surface area contributed by atoms with Gasteiger partial charge in [-0.05, 0) is 11.6 Å². The summed E-state index contributed by atoms with van der Waals surface area (Å²) in [6, 6.07) is 9.65. The molecule has 1 aliphatic heterocycles. The molecule has 2 heterocycles. The minimum Gasteiger partial charge on any atom is -0.394 e. The van der Waals surface area contributed by atoms with Crippen molar-refractivity contribution in [1.29, 1.82) is 0 Å². The minimum absolute atomic E-state index is 0.126. The molecule has 0 bridgehead atoms. The van der Waals surface area contributed by atoms with Crippen molar-refractivity contribution in [3.63, 3.8) is 0 Å². The summed E-state index contributed by atoms with van der Waals surface area (Å²) in [4.78, 5) is 15.9. The maximum atomic E-state index is 12.1. The number of benzene rings is 1. The van der Waals surface area contributed by atoms with Crippen molar-refractivity contribution < 1.29 is 14.9 Å². The first-order chi connectivity index (χ1) is 11.6. The van der Waals surface area contributed by atoms with Gasteiger partial charge in [0.25, 0.3) is 0 Å². The van der Waals surface area contributed by atoms with Crippen molar-refractivity contribution >= 4 is 18.0 Å². The fourth-order valence-corrected chi connectivity index (χ4v) is 2.63. The Hall–Kier alpha value is -2.48. The molecule has 0 saturated carbocycles. The van der Waals surface area contributed by atoms with Gasteiger partial charge in [0, 0.05) is 18.2 Å². The van der Waals surface area contributed by atoms with E-state index in [1.165, 1.54) is 4.57 Å². The molecular formula is C17H19N3O4. The Kier molecular flexibility index (Phi) is 4.75. The second kappa shape index (κ2) is 6.96. The highest BCUT2D eigenvalue weighted by atomic mass is 16.5. The average molecular weight is 329 g/mol. The van der Waals surface area contributed by atoms with Crippen molar-refractivity contribution in [2.45, 2.75) is 24.9 Å². The number of rotatable bonds is 4. The molecule has 24 heavy (non-hydrogen) atoms. The summed E-state index contributed by atoms with van der Waals surface area (Å²) in [6.07, 6.45) is 3.18. The number of nitrogens with two attached hydrogens (primary N) is 1. The van der Waals surface area contributed by atoms with Gasteiger partial charge in [0.2, 0.25) is 0 Å². The third-order valence-electron chi connectivity index (χ3n) is 3.96. The van der Waals surface area contributed by atoms with E-state index in [0.717, 1.165) is 5.56 Å². The van der Waals surface area contributed by atoms with E-state index in [0.29, 0.717) is 5.56 Å². The summed E-state index contributed by atoms with van der Waals surface area (Å²) < 4.78 is 6.80. The fraction of sp³-hybridized carbons (Fsp3) is 0.294. The summed E-state index contributed by atoms with van der Waals surface area (Å²) in [6.45, 7) is -0.310. The Labute approximate surface area is 138 Å². The second-order valence-electron chi connectivity index (χ2n) is 5.63. The first-order valence-corrected chi connectivity index (χ1v) is 7.64. The molecule has 2 aromatic rings. The lowest BCUT2D eigenvalue weighted by Gasteiger charge is -2.15. The zero-order valence-electron chi connectivity index (χ0n) is 12.9. The summed E-state index contributed by atoms with van der Waals surface area (Å²) in [5, 5.41) is 19.0. The van der Waals surface area contributed by atoms with E-state index in [2.05, 4.69) is 4.98 Å². The number of anilines is 1. The molecule has 0 radical (unpaired) electrons. The molecule has 1 aliphatic rings. The molecule has 7 heteroatoms. The summed E-state index contributed by atoms with van der Waals surface area (Å²) in [5.41, 5.74) is 6.83. The van der Waals surface area contributed by atoms with Gasteiger partial charge in [-0.3, -0.25) is 4.57 Å². The van der Waals surface area contributed by atoms with E-state index in [9.17, 15) is 9.90 Å². The number of aromatic nitrogens is 2.